The van der Waals surface area contributed by atoms with Gasteiger partial charge in [-0.05, 0) is 24.6 Å². The summed E-state index contributed by atoms with van der Waals surface area (Å²) in [4.78, 5) is 11.6. The summed E-state index contributed by atoms with van der Waals surface area (Å²) in [5, 5.41) is 6.81. The Balaban J connectivity index is 2.15. The summed E-state index contributed by atoms with van der Waals surface area (Å²) < 4.78 is 4.58. The molecule has 0 atom stereocenters. The zero-order valence-corrected chi connectivity index (χ0v) is 9.28. The van der Waals surface area contributed by atoms with Crippen molar-refractivity contribution in [3.8, 4) is 0 Å². The Bertz CT molecular complexity index is 509. The Hall–Kier alpha value is -1.81. The molecular formula is C11H9ClN2O2. The van der Waals surface area contributed by atoms with Gasteiger partial charge < -0.3 is 9.84 Å². The summed E-state index contributed by atoms with van der Waals surface area (Å²) >= 11 is 5.94. The number of nitrogens with zero attached hydrogens (tertiary/aromatic N) is 1. The number of rotatable bonds is 2. The number of carbonyl (C=O) groups is 1. The van der Waals surface area contributed by atoms with Crippen molar-refractivity contribution in [2.45, 2.75) is 6.92 Å². The van der Waals surface area contributed by atoms with Crippen molar-refractivity contribution in [3.05, 3.63) is 46.8 Å². The highest BCUT2D eigenvalue weighted by molar-refractivity contribution is 6.31. The molecule has 82 valence electrons. The highest BCUT2D eigenvalue weighted by Crippen LogP contribution is 2.20. The fraction of sp³-hybridized carbons (Fsp3) is 0.0909. The summed E-state index contributed by atoms with van der Waals surface area (Å²) in [5.74, 6) is -0.325. The average molecular weight is 237 g/mol. The van der Waals surface area contributed by atoms with Crippen molar-refractivity contribution in [3.63, 3.8) is 0 Å². The van der Waals surface area contributed by atoms with Gasteiger partial charge in [-0.25, -0.2) is 0 Å². The van der Waals surface area contributed by atoms with Crippen LogP contribution >= 0.6 is 11.6 Å². The topological polar surface area (TPSA) is 55.1 Å². The first kappa shape index (κ1) is 10.7. The smallest absolute Gasteiger partial charge is 0.277 e. The van der Waals surface area contributed by atoms with E-state index in [9.17, 15) is 4.79 Å². The minimum atomic E-state index is -0.325. The summed E-state index contributed by atoms with van der Waals surface area (Å²) in [6.45, 7) is 1.89. The third-order valence-electron chi connectivity index (χ3n) is 2.10. The lowest BCUT2D eigenvalue weighted by molar-refractivity contribution is 0.101. The Morgan fingerprint density at radius 3 is 2.88 bits per heavy atom. The van der Waals surface area contributed by atoms with Gasteiger partial charge in [-0.3, -0.25) is 4.79 Å². The van der Waals surface area contributed by atoms with Gasteiger partial charge in [0.1, 0.15) is 6.26 Å². The van der Waals surface area contributed by atoms with Crippen LogP contribution < -0.4 is 5.32 Å². The number of hydrogen-bond donors (Lipinski definition) is 1. The Kier molecular flexibility index (Phi) is 2.92. The second-order valence-electron chi connectivity index (χ2n) is 3.30. The molecule has 0 aliphatic rings. The van der Waals surface area contributed by atoms with Crippen LogP contribution in [0.15, 0.2) is 35.1 Å². The maximum Gasteiger partial charge on any atom is 0.277 e. The standard InChI is InChI=1S/C11H9ClN2O2/c1-7-2-3-8(6-9(7)12)13-11(15)10-4-5-16-14-10/h2-6H,1H3,(H,13,15). The van der Waals surface area contributed by atoms with E-state index in [2.05, 4.69) is 15.0 Å². The molecule has 0 spiro atoms. The number of carbonyl (C=O) groups excluding carboxylic acids is 1. The van der Waals surface area contributed by atoms with Crippen LogP contribution in [0.3, 0.4) is 0 Å². The zero-order valence-electron chi connectivity index (χ0n) is 8.53. The molecule has 16 heavy (non-hydrogen) atoms. The summed E-state index contributed by atoms with van der Waals surface area (Å²) in [6, 6.07) is 6.79. The Morgan fingerprint density at radius 2 is 2.25 bits per heavy atom. The lowest BCUT2D eigenvalue weighted by atomic mass is 10.2. The maximum absolute atomic E-state index is 11.6. The highest BCUT2D eigenvalue weighted by Gasteiger charge is 2.09. The highest BCUT2D eigenvalue weighted by atomic mass is 35.5. The SMILES string of the molecule is Cc1ccc(NC(=O)c2ccon2)cc1Cl. The molecule has 0 fully saturated rings. The molecule has 0 radical (unpaired) electrons. The summed E-state index contributed by atoms with van der Waals surface area (Å²) in [5.41, 5.74) is 1.82. The second-order valence-corrected chi connectivity index (χ2v) is 3.71. The van der Waals surface area contributed by atoms with E-state index in [-0.39, 0.29) is 11.6 Å². The quantitative estimate of drug-likeness (QED) is 0.872. The lowest BCUT2D eigenvalue weighted by Gasteiger charge is -2.04. The molecule has 0 aliphatic carbocycles. The Morgan fingerprint density at radius 1 is 1.44 bits per heavy atom. The van der Waals surface area contributed by atoms with E-state index < -0.39 is 0 Å². The molecular weight excluding hydrogens is 228 g/mol. The van der Waals surface area contributed by atoms with Gasteiger partial charge >= 0.3 is 0 Å². The van der Waals surface area contributed by atoms with Crippen LogP contribution in [0.5, 0.6) is 0 Å². The largest absolute Gasteiger partial charge is 0.364 e. The molecule has 0 saturated heterocycles. The van der Waals surface area contributed by atoms with Crippen molar-refractivity contribution in [2.75, 3.05) is 5.32 Å². The fourth-order valence-corrected chi connectivity index (χ4v) is 1.38. The fourth-order valence-electron chi connectivity index (χ4n) is 1.20. The van der Waals surface area contributed by atoms with Crippen LogP contribution in [0.1, 0.15) is 16.1 Å². The molecule has 2 aromatic rings. The van der Waals surface area contributed by atoms with Gasteiger partial charge in [0.15, 0.2) is 5.69 Å². The van der Waals surface area contributed by atoms with Crippen molar-refractivity contribution in [2.24, 2.45) is 0 Å². The first-order valence-electron chi connectivity index (χ1n) is 4.65. The van der Waals surface area contributed by atoms with Crippen molar-refractivity contribution in [1.29, 1.82) is 0 Å². The van der Waals surface area contributed by atoms with Crippen LogP contribution in [-0.2, 0) is 0 Å². The lowest BCUT2D eigenvalue weighted by Crippen LogP contribution is -2.12. The van der Waals surface area contributed by atoms with Crippen LogP contribution in [0.4, 0.5) is 5.69 Å². The van der Waals surface area contributed by atoms with Crippen LogP contribution in [0, 0.1) is 6.92 Å². The van der Waals surface area contributed by atoms with E-state index in [0.717, 1.165) is 5.56 Å². The molecule has 1 heterocycles. The third kappa shape index (κ3) is 2.23. The number of aromatic nitrogens is 1. The number of aryl methyl sites for hydroxylation is 1. The number of hydrogen-bond acceptors (Lipinski definition) is 3. The molecule has 4 nitrogen and oxygen atoms in total. The first-order valence-corrected chi connectivity index (χ1v) is 5.02. The van der Waals surface area contributed by atoms with E-state index in [1.165, 1.54) is 12.3 Å². The second kappa shape index (κ2) is 4.37. The molecule has 1 aromatic heterocycles. The van der Waals surface area contributed by atoms with E-state index in [0.29, 0.717) is 10.7 Å². The van der Waals surface area contributed by atoms with Gasteiger partial charge in [-0.1, -0.05) is 22.8 Å². The predicted molar refractivity (Wildman–Crippen MR) is 60.6 cm³/mol. The monoisotopic (exact) mass is 236 g/mol. The van der Waals surface area contributed by atoms with Crippen LogP contribution in [-0.4, -0.2) is 11.1 Å². The van der Waals surface area contributed by atoms with Gasteiger partial charge in [0, 0.05) is 16.8 Å². The molecule has 1 aromatic carbocycles. The van der Waals surface area contributed by atoms with Gasteiger partial charge in [0.2, 0.25) is 0 Å². The molecule has 2 rings (SSSR count). The number of nitrogens with one attached hydrogen (secondary N) is 1. The zero-order chi connectivity index (χ0) is 11.5. The van der Waals surface area contributed by atoms with E-state index >= 15 is 0 Å². The predicted octanol–water partition coefficient (Wildman–Crippen LogP) is 2.89. The molecule has 5 heteroatoms. The van der Waals surface area contributed by atoms with E-state index in [4.69, 9.17) is 11.6 Å². The van der Waals surface area contributed by atoms with Crippen molar-refractivity contribution in [1.82, 2.24) is 5.16 Å². The summed E-state index contributed by atoms with van der Waals surface area (Å²) in [7, 11) is 0. The average Bonchev–Trinajstić information content (AvgIpc) is 2.77. The van der Waals surface area contributed by atoms with Crippen LogP contribution in [0.2, 0.25) is 5.02 Å². The van der Waals surface area contributed by atoms with Gasteiger partial charge in [0.25, 0.3) is 5.91 Å². The van der Waals surface area contributed by atoms with Gasteiger partial charge in [0.05, 0.1) is 0 Å². The number of amides is 1. The summed E-state index contributed by atoms with van der Waals surface area (Å²) in [6.07, 6.45) is 1.34. The molecule has 0 bridgehead atoms. The molecule has 0 aliphatic heterocycles. The molecule has 1 N–H and O–H groups in total. The maximum atomic E-state index is 11.6. The third-order valence-corrected chi connectivity index (χ3v) is 2.51. The molecule has 0 saturated carbocycles. The van der Waals surface area contributed by atoms with E-state index in [1.54, 1.807) is 12.1 Å². The normalized spacial score (nSPS) is 10.1. The van der Waals surface area contributed by atoms with Crippen molar-refractivity contribution >= 4 is 23.2 Å². The minimum Gasteiger partial charge on any atom is -0.364 e. The van der Waals surface area contributed by atoms with Crippen LogP contribution in [0.25, 0.3) is 0 Å². The van der Waals surface area contributed by atoms with Gasteiger partial charge in [-0.2, -0.15) is 0 Å². The minimum absolute atomic E-state index is 0.233. The number of benzene rings is 1. The Labute approximate surface area is 97.2 Å². The van der Waals surface area contributed by atoms with Crippen molar-refractivity contribution < 1.29 is 9.32 Å². The molecule has 0 unspecified atom stereocenters. The molecule has 1 amide bonds. The van der Waals surface area contributed by atoms with Gasteiger partial charge in [-0.15, -0.1) is 0 Å². The number of halogens is 1. The number of anilines is 1. The van der Waals surface area contributed by atoms with E-state index in [1.807, 2.05) is 13.0 Å². The first-order chi connectivity index (χ1) is 7.66.